The monoisotopic (exact) mass is 309 g/mol. The minimum atomic E-state index is -0.314. The van der Waals surface area contributed by atoms with Crippen molar-refractivity contribution in [2.75, 3.05) is 6.54 Å². The molecule has 0 aromatic heterocycles. The minimum Gasteiger partial charge on any atom is -0.484 e. The fourth-order valence-corrected chi connectivity index (χ4v) is 1.99. The van der Waals surface area contributed by atoms with Crippen molar-refractivity contribution in [2.24, 2.45) is 5.73 Å². The first-order chi connectivity index (χ1) is 8.70. The van der Waals surface area contributed by atoms with E-state index in [0.29, 0.717) is 16.8 Å². The fourth-order valence-electron chi connectivity index (χ4n) is 1.63. The number of halogens is 2. The van der Waals surface area contributed by atoms with Gasteiger partial charge >= 0.3 is 0 Å². The predicted octanol–water partition coefficient (Wildman–Crippen LogP) is 3.67. The van der Waals surface area contributed by atoms with Crippen LogP contribution in [-0.2, 0) is 0 Å². The molecule has 0 saturated carbocycles. The average Bonchev–Trinajstić information content (AvgIpc) is 2.41. The van der Waals surface area contributed by atoms with E-state index in [1.54, 1.807) is 12.1 Å². The maximum Gasteiger partial charge on any atom is 0.137 e. The molecule has 4 heteroatoms. The Balaban J connectivity index is 2.18. The quantitative estimate of drug-likeness (QED) is 0.935. The third-order valence-electron chi connectivity index (χ3n) is 2.55. The number of hydrogen-bond donors (Lipinski definition) is 1. The van der Waals surface area contributed by atoms with Crippen LogP contribution in [0.3, 0.4) is 0 Å². The molecule has 0 saturated heterocycles. The maximum absolute atomic E-state index is 13.1. The SMILES string of the molecule is NCC(Oc1ccc(F)c(Br)c1)c1ccccc1. The molecule has 0 aliphatic carbocycles. The summed E-state index contributed by atoms with van der Waals surface area (Å²) in [5.41, 5.74) is 6.71. The van der Waals surface area contributed by atoms with Gasteiger partial charge in [-0.1, -0.05) is 30.3 Å². The molecule has 1 atom stereocenters. The Kier molecular flexibility index (Phi) is 4.33. The lowest BCUT2D eigenvalue weighted by Gasteiger charge is -2.18. The molecule has 1 unspecified atom stereocenters. The molecular formula is C14H13BrFNO. The van der Waals surface area contributed by atoms with E-state index in [1.807, 2.05) is 30.3 Å². The average molecular weight is 310 g/mol. The van der Waals surface area contributed by atoms with Crippen LogP contribution in [0.4, 0.5) is 4.39 Å². The zero-order valence-corrected chi connectivity index (χ0v) is 11.2. The largest absolute Gasteiger partial charge is 0.484 e. The summed E-state index contributed by atoms with van der Waals surface area (Å²) in [5.74, 6) is 0.272. The Labute approximate surface area is 114 Å². The normalized spacial score (nSPS) is 12.2. The molecule has 2 rings (SSSR count). The van der Waals surface area contributed by atoms with E-state index < -0.39 is 0 Å². The Bertz CT molecular complexity index is 518. The molecule has 0 spiro atoms. The summed E-state index contributed by atoms with van der Waals surface area (Å²) in [7, 11) is 0. The van der Waals surface area contributed by atoms with Crippen molar-refractivity contribution in [2.45, 2.75) is 6.10 Å². The van der Waals surface area contributed by atoms with E-state index in [1.165, 1.54) is 6.07 Å². The summed E-state index contributed by atoms with van der Waals surface area (Å²) >= 11 is 3.13. The molecule has 94 valence electrons. The molecule has 2 aromatic rings. The van der Waals surface area contributed by atoms with Crippen LogP contribution in [-0.4, -0.2) is 6.54 Å². The van der Waals surface area contributed by atoms with E-state index >= 15 is 0 Å². The number of hydrogen-bond acceptors (Lipinski definition) is 2. The van der Waals surface area contributed by atoms with Crippen molar-refractivity contribution in [1.29, 1.82) is 0 Å². The van der Waals surface area contributed by atoms with Crippen molar-refractivity contribution in [1.82, 2.24) is 0 Å². The standard InChI is InChI=1S/C14H13BrFNO/c15-12-8-11(6-7-13(12)16)18-14(9-17)10-4-2-1-3-5-10/h1-8,14H,9,17H2. The summed E-state index contributed by atoms with van der Waals surface area (Å²) in [4.78, 5) is 0. The van der Waals surface area contributed by atoms with E-state index in [4.69, 9.17) is 10.5 Å². The molecule has 0 heterocycles. The van der Waals surface area contributed by atoms with Gasteiger partial charge in [0.25, 0.3) is 0 Å². The van der Waals surface area contributed by atoms with Gasteiger partial charge in [0.2, 0.25) is 0 Å². The van der Waals surface area contributed by atoms with E-state index in [2.05, 4.69) is 15.9 Å². The molecular weight excluding hydrogens is 297 g/mol. The van der Waals surface area contributed by atoms with Gasteiger partial charge in [-0.3, -0.25) is 0 Å². The zero-order valence-electron chi connectivity index (χ0n) is 9.64. The van der Waals surface area contributed by atoms with Gasteiger partial charge in [0.05, 0.1) is 4.47 Å². The summed E-state index contributed by atoms with van der Waals surface area (Å²) in [6.45, 7) is 0.360. The number of rotatable bonds is 4. The van der Waals surface area contributed by atoms with Crippen molar-refractivity contribution in [3.63, 3.8) is 0 Å². The topological polar surface area (TPSA) is 35.2 Å². The second-order valence-corrected chi connectivity index (χ2v) is 4.68. The van der Waals surface area contributed by atoms with E-state index in [9.17, 15) is 4.39 Å². The first-order valence-electron chi connectivity index (χ1n) is 5.57. The smallest absolute Gasteiger partial charge is 0.137 e. The Morgan fingerprint density at radius 1 is 1.17 bits per heavy atom. The Hall–Kier alpha value is -1.39. The molecule has 2 aromatic carbocycles. The van der Waals surface area contributed by atoms with E-state index in [0.717, 1.165) is 5.56 Å². The summed E-state index contributed by atoms with van der Waals surface area (Å²) in [6.07, 6.45) is -0.233. The maximum atomic E-state index is 13.1. The van der Waals surface area contributed by atoms with Crippen LogP contribution in [0.2, 0.25) is 0 Å². The summed E-state index contributed by atoms with van der Waals surface area (Å²) < 4.78 is 19.3. The number of benzene rings is 2. The van der Waals surface area contributed by atoms with Crippen molar-refractivity contribution in [3.05, 3.63) is 64.4 Å². The lowest BCUT2D eigenvalue weighted by molar-refractivity contribution is 0.214. The number of nitrogens with two attached hydrogens (primary N) is 1. The van der Waals surface area contributed by atoms with Gasteiger partial charge in [-0.2, -0.15) is 0 Å². The van der Waals surface area contributed by atoms with Gasteiger partial charge in [-0.25, -0.2) is 4.39 Å². The van der Waals surface area contributed by atoms with Gasteiger partial charge in [0.1, 0.15) is 17.7 Å². The summed E-state index contributed by atoms with van der Waals surface area (Å²) in [6, 6.07) is 14.3. The molecule has 0 aliphatic rings. The third-order valence-corrected chi connectivity index (χ3v) is 3.16. The highest BCUT2D eigenvalue weighted by atomic mass is 79.9. The highest BCUT2D eigenvalue weighted by molar-refractivity contribution is 9.10. The second-order valence-electron chi connectivity index (χ2n) is 3.83. The molecule has 0 aliphatic heterocycles. The van der Waals surface area contributed by atoms with Crippen LogP contribution in [0.1, 0.15) is 11.7 Å². The Morgan fingerprint density at radius 2 is 1.89 bits per heavy atom. The van der Waals surface area contributed by atoms with Crippen molar-refractivity contribution < 1.29 is 9.13 Å². The molecule has 0 radical (unpaired) electrons. The van der Waals surface area contributed by atoms with Crippen LogP contribution in [0.5, 0.6) is 5.75 Å². The van der Waals surface area contributed by atoms with Crippen LogP contribution >= 0.6 is 15.9 Å². The second kappa shape index (κ2) is 5.98. The van der Waals surface area contributed by atoms with E-state index in [-0.39, 0.29) is 11.9 Å². The molecule has 0 amide bonds. The highest BCUT2D eigenvalue weighted by Crippen LogP contribution is 2.26. The van der Waals surface area contributed by atoms with Crippen LogP contribution in [0.15, 0.2) is 53.0 Å². The fraction of sp³-hybridized carbons (Fsp3) is 0.143. The number of ether oxygens (including phenoxy) is 1. The lowest BCUT2D eigenvalue weighted by atomic mass is 10.1. The van der Waals surface area contributed by atoms with Crippen molar-refractivity contribution in [3.8, 4) is 5.75 Å². The van der Waals surface area contributed by atoms with Crippen LogP contribution in [0.25, 0.3) is 0 Å². The molecule has 0 bridgehead atoms. The minimum absolute atomic E-state index is 0.233. The van der Waals surface area contributed by atoms with Crippen molar-refractivity contribution >= 4 is 15.9 Å². The van der Waals surface area contributed by atoms with Crippen LogP contribution in [0, 0.1) is 5.82 Å². The lowest BCUT2D eigenvalue weighted by Crippen LogP contribution is -2.18. The molecule has 18 heavy (non-hydrogen) atoms. The zero-order chi connectivity index (χ0) is 13.0. The van der Waals surface area contributed by atoms with Crippen LogP contribution < -0.4 is 10.5 Å². The predicted molar refractivity (Wildman–Crippen MR) is 73.0 cm³/mol. The van der Waals surface area contributed by atoms with Gasteiger partial charge in [0, 0.05) is 6.54 Å². The first-order valence-corrected chi connectivity index (χ1v) is 6.36. The molecule has 2 N–H and O–H groups in total. The Morgan fingerprint density at radius 3 is 2.50 bits per heavy atom. The molecule has 0 fully saturated rings. The summed E-state index contributed by atoms with van der Waals surface area (Å²) in [5, 5.41) is 0. The first kappa shape index (κ1) is 13.1. The highest BCUT2D eigenvalue weighted by Gasteiger charge is 2.11. The third kappa shape index (κ3) is 3.09. The van der Waals surface area contributed by atoms with Gasteiger partial charge in [-0.15, -0.1) is 0 Å². The van der Waals surface area contributed by atoms with Gasteiger partial charge in [-0.05, 0) is 39.7 Å². The molecule has 2 nitrogen and oxygen atoms in total. The van der Waals surface area contributed by atoms with Gasteiger partial charge in [0.15, 0.2) is 0 Å². The van der Waals surface area contributed by atoms with Gasteiger partial charge < -0.3 is 10.5 Å².